The molecule has 0 aromatic heterocycles. The van der Waals surface area contributed by atoms with E-state index in [4.69, 9.17) is 5.73 Å². The Bertz CT molecular complexity index is 286. The fourth-order valence-corrected chi connectivity index (χ4v) is 2.27. The third-order valence-corrected chi connectivity index (χ3v) is 3.08. The number of aliphatic hydroxyl groups is 1. The molecule has 0 saturated heterocycles. The molecule has 2 nitrogen and oxygen atoms in total. The van der Waals surface area contributed by atoms with Crippen LogP contribution in [0.2, 0.25) is 0 Å². The van der Waals surface area contributed by atoms with Crippen molar-refractivity contribution in [3.8, 4) is 0 Å². The Labute approximate surface area is 84.7 Å². The fourth-order valence-electron chi connectivity index (χ4n) is 2.27. The van der Waals surface area contributed by atoms with Crippen LogP contribution in [-0.4, -0.2) is 17.3 Å². The quantitative estimate of drug-likeness (QED) is 0.709. The van der Waals surface area contributed by atoms with Crippen LogP contribution in [0.4, 0.5) is 0 Å². The second-order valence-corrected chi connectivity index (χ2v) is 4.16. The third kappa shape index (κ3) is 1.97. The summed E-state index contributed by atoms with van der Waals surface area (Å²) in [4.78, 5) is 0. The lowest BCUT2D eigenvalue weighted by Gasteiger charge is -2.31. The van der Waals surface area contributed by atoms with Crippen LogP contribution < -0.4 is 5.73 Å². The highest BCUT2D eigenvalue weighted by atomic mass is 16.3. The van der Waals surface area contributed by atoms with Gasteiger partial charge in [0.05, 0.1) is 6.10 Å². The average Bonchev–Trinajstić information content (AvgIpc) is 2.19. The summed E-state index contributed by atoms with van der Waals surface area (Å²) in [6.07, 6.45) is 2.50. The Kier molecular flexibility index (Phi) is 2.85. The van der Waals surface area contributed by atoms with Gasteiger partial charge in [-0.2, -0.15) is 0 Å². The molecule has 1 aliphatic rings. The molecule has 0 amide bonds. The molecule has 0 aliphatic heterocycles. The van der Waals surface area contributed by atoms with E-state index in [0.717, 1.165) is 19.3 Å². The van der Waals surface area contributed by atoms with Gasteiger partial charge in [0.25, 0.3) is 0 Å². The van der Waals surface area contributed by atoms with Crippen LogP contribution in [0.1, 0.15) is 30.7 Å². The van der Waals surface area contributed by atoms with E-state index in [1.807, 2.05) is 18.2 Å². The van der Waals surface area contributed by atoms with Gasteiger partial charge >= 0.3 is 0 Å². The van der Waals surface area contributed by atoms with Crippen molar-refractivity contribution in [1.82, 2.24) is 0 Å². The second-order valence-electron chi connectivity index (χ2n) is 4.16. The predicted molar refractivity (Wildman–Crippen MR) is 57.0 cm³/mol. The van der Waals surface area contributed by atoms with Crippen LogP contribution in [-0.2, 0) is 0 Å². The number of hydrogen-bond donors (Lipinski definition) is 2. The highest BCUT2D eigenvalue weighted by Gasteiger charge is 2.27. The van der Waals surface area contributed by atoms with Gasteiger partial charge in [0.2, 0.25) is 0 Å². The zero-order valence-corrected chi connectivity index (χ0v) is 8.26. The highest BCUT2D eigenvalue weighted by Crippen LogP contribution is 2.32. The first-order chi connectivity index (χ1) is 6.77. The normalized spacial score (nSPS) is 32.9. The van der Waals surface area contributed by atoms with E-state index in [1.54, 1.807) is 0 Å². The minimum Gasteiger partial charge on any atom is -0.392 e. The number of rotatable bonds is 1. The lowest BCUT2D eigenvalue weighted by molar-refractivity contribution is 0.0970. The highest BCUT2D eigenvalue weighted by molar-refractivity contribution is 5.21. The molecule has 3 atom stereocenters. The lowest BCUT2D eigenvalue weighted by atomic mass is 9.80. The monoisotopic (exact) mass is 191 g/mol. The van der Waals surface area contributed by atoms with Crippen LogP contribution in [0.25, 0.3) is 0 Å². The van der Waals surface area contributed by atoms with Gasteiger partial charge in [-0.15, -0.1) is 0 Å². The molecular weight excluding hydrogens is 174 g/mol. The maximum absolute atomic E-state index is 9.91. The number of aliphatic hydroxyl groups excluding tert-OH is 1. The first kappa shape index (κ1) is 9.69. The van der Waals surface area contributed by atoms with Gasteiger partial charge in [0.1, 0.15) is 0 Å². The first-order valence-corrected chi connectivity index (χ1v) is 5.26. The van der Waals surface area contributed by atoms with Crippen molar-refractivity contribution in [3.05, 3.63) is 35.9 Å². The molecule has 1 aromatic carbocycles. The Morgan fingerprint density at radius 1 is 1.14 bits per heavy atom. The minimum absolute atomic E-state index is 0.185. The number of hydrogen-bond acceptors (Lipinski definition) is 2. The summed E-state index contributed by atoms with van der Waals surface area (Å²) in [6.45, 7) is 0. The Morgan fingerprint density at radius 3 is 2.50 bits per heavy atom. The predicted octanol–water partition coefficient (Wildman–Crippen LogP) is 1.64. The Morgan fingerprint density at radius 2 is 1.86 bits per heavy atom. The molecule has 3 N–H and O–H groups in total. The van der Waals surface area contributed by atoms with Crippen LogP contribution >= 0.6 is 0 Å². The van der Waals surface area contributed by atoms with Gasteiger partial charge < -0.3 is 10.8 Å². The minimum atomic E-state index is -0.263. The van der Waals surface area contributed by atoms with Gasteiger partial charge in [-0.05, 0) is 24.8 Å². The molecule has 1 fully saturated rings. The maximum atomic E-state index is 9.91. The van der Waals surface area contributed by atoms with Crippen molar-refractivity contribution in [2.75, 3.05) is 0 Å². The van der Waals surface area contributed by atoms with E-state index in [1.165, 1.54) is 5.56 Å². The van der Waals surface area contributed by atoms with Gasteiger partial charge in [-0.25, -0.2) is 0 Å². The zero-order valence-electron chi connectivity index (χ0n) is 8.26. The molecule has 76 valence electrons. The lowest BCUT2D eigenvalue weighted by Crippen LogP contribution is -2.35. The van der Waals surface area contributed by atoms with Crippen molar-refractivity contribution in [3.63, 3.8) is 0 Å². The summed E-state index contributed by atoms with van der Waals surface area (Å²) in [7, 11) is 0. The second kappa shape index (κ2) is 4.11. The molecule has 2 heteroatoms. The van der Waals surface area contributed by atoms with Crippen LogP contribution in [0, 0.1) is 0 Å². The molecule has 1 aromatic rings. The Balaban J connectivity index is 2.12. The van der Waals surface area contributed by atoms with Gasteiger partial charge in [0.15, 0.2) is 0 Å². The molecule has 14 heavy (non-hydrogen) atoms. The number of nitrogens with two attached hydrogens (primary N) is 1. The summed E-state index contributed by atoms with van der Waals surface area (Å²) in [5, 5.41) is 9.91. The van der Waals surface area contributed by atoms with Crippen LogP contribution in [0.5, 0.6) is 0 Å². The van der Waals surface area contributed by atoms with E-state index in [0.29, 0.717) is 0 Å². The first-order valence-electron chi connectivity index (χ1n) is 5.26. The summed E-state index contributed by atoms with van der Waals surface area (Å²) in [5.74, 6) is 0.288. The maximum Gasteiger partial charge on any atom is 0.0623 e. The van der Waals surface area contributed by atoms with Crippen molar-refractivity contribution >= 4 is 0 Å². The smallest absolute Gasteiger partial charge is 0.0623 e. The molecule has 1 saturated carbocycles. The van der Waals surface area contributed by atoms with Crippen molar-refractivity contribution in [2.24, 2.45) is 5.73 Å². The SMILES string of the molecule is N[C@H]1CC[C@H](c2ccccc2)[C@@H](O)C1. The standard InChI is InChI=1S/C12H17NO/c13-10-6-7-11(12(14)8-10)9-4-2-1-3-5-9/h1-5,10-12,14H,6-8,13H2/t10-,11+,12-/m0/s1. The van der Waals surface area contributed by atoms with Gasteiger partial charge in [0, 0.05) is 12.0 Å². The molecule has 0 bridgehead atoms. The molecular formula is C12H17NO. The zero-order chi connectivity index (χ0) is 9.97. The average molecular weight is 191 g/mol. The van der Waals surface area contributed by atoms with Gasteiger partial charge in [-0.1, -0.05) is 30.3 Å². The van der Waals surface area contributed by atoms with E-state index in [-0.39, 0.29) is 18.1 Å². The molecule has 0 radical (unpaired) electrons. The summed E-state index contributed by atoms with van der Waals surface area (Å²) >= 11 is 0. The van der Waals surface area contributed by atoms with Crippen molar-refractivity contribution < 1.29 is 5.11 Å². The molecule has 2 rings (SSSR count). The van der Waals surface area contributed by atoms with Crippen LogP contribution in [0.15, 0.2) is 30.3 Å². The molecule has 0 heterocycles. The third-order valence-electron chi connectivity index (χ3n) is 3.08. The molecule has 0 spiro atoms. The molecule has 0 unspecified atom stereocenters. The van der Waals surface area contributed by atoms with Crippen molar-refractivity contribution in [1.29, 1.82) is 0 Å². The molecule has 1 aliphatic carbocycles. The van der Waals surface area contributed by atoms with Crippen LogP contribution in [0.3, 0.4) is 0 Å². The summed E-state index contributed by atoms with van der Waals surface area (Å²) in [6, 6.07) is 10.4. The summed E-state index contributed by atoms with van der Waals surface area (Å²) < 4.78 is 0. The van der Waals surface area contributed by atoms with E-state index >= 15 is 0 Å². The topological polar surface area (TPSA) is 46.2 Å². The summed E-state index contributed by atoms with van der Waals surface area (Å²) in [5.41, 5.74) is 7.05. The van der Waals surface area contributed by atoms with E-state index < -0.39 is 0 Å². The number of benzene rings is 1. The largest absolute Gasteiger partial charge is 0.392 e. The van der Waals surface area contributed by atoms with E-state index in [9.17, 15) is 5.11 Å². The van der Waals surface area contributed by atoms with Gasteiger partial charge in [-0.3, -0.25) is 0 Å². The fraction of sp³-hybridized carbons (Fsp3) is 0.500. The van der Waals surface area contributed by atoms with E-state index in [2.05, 4.69) is 12.1 Å². The van der Waals surface area contributed by atoms with Crippen molar-refractivity contribution in [2.45, 2.75) is 37.3 Å². The Hall–Kier alpha value is -0.860.